The SMILES string of the molecule is CN1Cc2c(ccc3c2OCO3)C2C=Cc3cc4c(cc3C21)OCO4. The molecular formula is C20H17NO4. The van der Waals surface area contributed by atoms with Crippen molar-refractivity contribution in [3.8, 4) is 23.0 Å². The van der Waals surface area contributed by atoms with Gasteiger partial charge in [-0.2, -0.15) is 0 Å². The fourth-order valence-electron chi connectivity index (χ4n) is 4.53. The molecule has 0 saturated heterocycles. The van der Waals surface area contributed by atoms with Crippen molar-refractivity contribution in [1.82, 2.24) is 4.90 Å². The highest BCUT2D eigenvalue weighted by molar-refractivity contribution is 5.67. The summed E-state index contributed by atoms with van der Waals surface area (Å²) >= 11 is 0. The van der Waals surface area contributed by atoms with E-state index >= 15 is 0 Å². The molecule has 0 aromatic heterocycles. The van der Waals surface area contributed by atoms with E-state index in [1.54, 1.807) is 0 Å². The molecule has 0 spiro atoms. The van der Waals surface area contributed by atoms with E-state index in [4.69, 9.17) is 18.9 Å². The average Bonchev–Trinajstić information content (AvgIpc) is 3.28. The maximum Gasteiger partial charge on any atom is 0.231 e. The van der Waals surface area contributed by atoms with Crippen LogP contribution >= 0.6 is 0 Å². The van der Waals surface area contributed by atoms with Crippen LogP contribution in [0.2, 0.25) is 0 Å². The molecule has 2 aromatic carbocycles. The number of ether oxygens (including phenoxy) is 4. The Balaban J connectivity index is 1.52. The number of nitrogens with zero attached hydrogens (tertiary/aromatic N) is 1. The normalized spacial score (nSPS) is 24.7. The molecule has 3 aliphatic heterocycles. The van der Waals surface area contributed by atoms with E-state index in [9.17, 15) is 0 Å². The fourth-order valence-corrected chi connectivity index (χ4v) is 4.53. The lowest BCUT2D eigenvalue weighted by molar-refractivity contribution is 0.166. The van der Waals surface area contributed by atoms with E-state index in [-0.39, 0.29) is 12.0 Å². The van der Waals surface area contributed by atoms with E-state index < -0.39 is 0 Å². The summed E-state index contributed by atoms with van der Waals surface area (Å²) < 4.78 is 22.4. The number of fused-ring (bicyclic) bond motifs is 8. The molecule has 126 valence electrons. The van der Waals surface area contributed by atoms with Gasteiger partial charge in [-0.15, -0.1) is 0 Å². The van der Waals surface area contributed by atoms with E-state index in [2.05, 4.69) is 42.3 Å². The minimum atomic E-state index is 0.280. The maximum absolute atomic E-state index is 5.75. The number of likely N-dealkylation sites (N-methyl/N-ethyl adjacent to an activating group) is 1. The number of rotatable bonds is 0. The lowest BCUT2D eigenvalue weighted by Crippen LogP contribution is -2.35. The van der Waals surface area contributed by atoms with Crippen LogP contribution in [0.15, 0.2) is 30.3 Å². The minimum Gasteiger partial charge on any atom is -0.454 e. The maximum atomic E-state index is 5.75. The van der Waals surface area contributed by atoms with Crippen molar-refractivity contribution in [3.05, 3.63) is 52.6 Å². The number of hydrogen-bond acceptors (Lipinski definition) is 5. The molecule has 0 fully saturated rings. The van der Waals surface area contributed by atoms with Crippen LogP contribution in [0.5, 0.6) is 23.0 Å². The van der Waals surface area contributed by atoms with Gasteiger partial charge < -0.3 is 18.9 Å². The first-order chi connectivity index (χ1) is 12.3. The predicted octanol–water partition coefficient (Wildman–Crippen LogP) is 3.44. The summed E-state index contributed by atoms with van der Waals surface area (Å²) in [4.78, 5) is 2.39. The third-order valence-corrected chi connectivity index (χ3v) is 5.64. The molecule has 25 heavy (non-hydrogen) atoms. The Bertz CT molecular complexity index is 936. The largest absolute Gasteiger partial charge is 0.454 e. The van der Waals surface area contributed by atoms with Crippen LogP contribution in [0.25, 0.3) is 6.08 Å². The minimum absolute atomic E-state index is 0.280. The van der Waals surface area contributed by atoms with Gasteiger partial charge in [-0.1, -0.05) is 18.2 Å². The first kappa shape index (κ1) is 13.6. The molecule has 2 atom stereocenters. The Morgan fingerprint density at radius 2 is 1.72 bits per heavy atom. The van der Waals surface area contributed by atoms with Crippen molar-refractivity contribution in [2.24, 2.45) is 0 Å². The fraction of sp³-hybridized carbons (Fsp3) is 0.300. The highest BCUT2D eigenvalue weighted by Crippen LogP contribution is 2.52. The molecule has 0 radical (unpaired) electrons. The highest BCUT2D eigenvalue weighted by atomic mass is 16.7. The second-order valence-electron chi connectivity index (χ2n) is 6.95. The van der Waals surface area contributed by atoms with Crippen LogP contribution in [0.3, 0.4) is 0 Å². The van der Waals surface area contributed by atoms with Crippen molar-refractivity contribution in [2.45, 2.75) is 18.5 Å². The van der Waals surface area contributed by atoms with Crippen molar-refractivity contribution in [1.29, 1.82) is 0 Å². The lowest BCUT2D eigenvalue weighted by Gasteiger charge is -2.42. The van der Waals surface area contributed by atoms with Crippen LogP contribution in [0.4, 0.5) is 0 Å². The van der Waals surface area contributed by atoms with Crippen LogP contribution in [-0.2, 0) is 6.54 Å². The first-order valence-electron chi connectivity index (χ1n) is 8.53. The van der Waals surface area contributed by atoms with Crippen molar-refractivity contribution >= 4 is 6.08 Å². The molecule has 0 bridgehead atoms. The average molecular weight is 335 g/mol. The monoisotopic (exact) mass is 335 g/mol. The van der Waals surface area contributed by atoms with Gasteiger partial charge in [0.25, 0.3) is 0 Å². The van der Waals surface area contributed by atoms with E-state index in [1.165, 1.54) is 22.3 Å². The molecule has 4 aliphatic rings. The van der Waals surface area contributed by atoms with Crippen LogP contribution in [-0.4, -0.2) is 25.5 Å². The topological polar surface area (TPSA) is 40.2 Å². The van der Waals surface area contributed by atoms with E-state index in [1.807, 2.05) is 6.07 Å². The first-order valence-corrected chi connectivity index (χ1v) is 8.53. The predicted molar refractivity (Wildman–Crippen MR) is 91.1 cm³/mol. The van der Waals surface area contributed by atoms with Crippen LogP contribution < -0.4 is 18.9 Å². The molecule has 1 aliphatic carbocycles. The van der Waals surface area contributed by atoms with Crippen molar-refractivity contribution < 1.29 is 18.9 Å². The van der Waals surface area contributed by atoms with Gasteiger partial charge in [0.05, 0.1) is 0 Å². The Kier molecular flexibility index (Phi) is 2.56. The summed E-state index contributed by atoms with van der Waals surface area (Å²) in [5.74, 6) is 3.74. The number of hydrogen-bond donors (Lipinski definition) is 0. The Labute approximate surface area is 145 Å². The molecule has 0 saturated carbocycles. The molecule has 5 heteroatoms. The molecule has 0 N–H and O–H groups in total. The van der Waals surface area contributed by atoms with Gasteiger partial charge in [-0.3, -0.25) is 4.90 Å². The summed E-state index contributed by atoms with van der Waals surface area (Å²) in [6.45, 7) is 1.45. The smallest absolute Gasteiger partial charge is 0.231 e. The molecule has 2 aromatic rings. The van der Waals surface area contributed by atoms with E-state index in [0.717, 1.165) is 29.5 Å². The lowest BCUT2D eigenvalue weighted by atomic mass is 9.75. The second-order valence-corrected chi connectivity index (χ2v) is 6.95. The summed E-state index contributed by atoms with van der Waals surface area (Å²) in [6, 6.07) is 8.74. The van der Waals surface area contributed by atoms with Gasteiger partial charge in [0.1, 0.15) is 0 Å². The molecule has 5 nitrogen and oxygen atoms in total. The molecule has 2 unspecified atom stereocenters. The summed E-state index contributed by atoms with van der Waals surface area (Å²) in [5.41, 5.74) is 5.07. The summed E-state index contributed by atoms with van der Waals surface area (Å²) in [5, 5.41) is 0. The third kappa shape index (κ3) is 1.76. The summed E-state index contributed by atoms with van der Waals surface area (Å²) in [6.07, 6.45) is 4.50. The Morgan fingerprint density at radius 3 is 2.64 bits per heavy atom. The zero-order chi connectivity index (χ0) is 16.5. The molecule has 3 heterocycles. The third-order valence-electron chi connectivity index (χ3n) is 5.64. The van der Waals surface area contributed by atoms with Crippen molar-refractivity contribution in [2.75, 3.05) is 20.6 Å². The van der Waals surface area contributed by atoms with Crippen LogP contribution in [0.1, 0.15) is 34.2 Å². The highest BCUT2D eigenvalue weighted by Gasteiger charge is 2.39. The van der Waals surface area contributed by atoms with Gasteiger partial charge in [0.2, 0.25) is 13.6 Å². The Hall–Kier alpha value is -2.66. The molecule has 6 rings (SSSR count). The van der Waals surface area contributed by atoms with Gasteiger partial charge in [-0.25, -0.2) is 0 Å². The zero-order valence-corrected chi connectivity index (χ0v) is 13.8. The second kappa shape index (κ2) is 4.70. The van der Waals surface area contributed by atoms with Gasteiger partial charge in [0.15, 0.2) is 23.0 Å². The van der Waals surface area contributed by atoms with Gasteiger partial charge in [0, 0.05) is 24.1 Å². The quantitative estimate of drug-likeness (QED) is 0.737. The zero-order valence-electron chi connectivity index (χ0n) is 13.8. The van der Waals surface area contributed by atoms with Gasteiger partial charge >= 0.3 is 0 Å². The number of benzene rings is 2. The van der Waals surface area contributed by atoms with E-state index in [0.29, 0.717) is 13.6 Å². The Morgan fingerprint density at radius 1 is 0.920 bits per heavy atom. The van der Waals surface area contributed by atoms with Gasteiger partial charge in [-0.05, 0) is 41.9 Å². The van der Waals surface area contributed by atoms with Crippen molar-refractivity contribution in [3.63, 3.8) is 0 Å². The molecule has 0 amide bonds. The standard InChI is InChI=1S/C20H17NO4/c1-21-8-15-12(4-5-16-20(15)25-10-22-16)13-3-2-11-6-17-18(24-9-23-17)7-14(11)19(13)21/h2-7,13,19H,8-10H2,1H3. The molecular weight excluding hydrogens is 318 g/mol. The van der Waals surface area contributed by atoms with Crippen LogP contribution in [0, 0.1) is 0 Å². The summed E-state index contributed by atoms with van der Waals surface area (Å²) in [7, 11) is 2.17.